The van der Waals surface area contributed by atoms with Crippen LogP contribution in [0.4, 0.5) is 0 Å². The summed E-state index contributed by atoms with van der Waals surface area (Å²) < 4.78 is 17.2. The van der Waals surface area contributed by atoms with Crippen molar-refractivity contribution in [3.8, 4) is 0 Å². The molecule has 0 amide bonds. The van der Waals surface area contributed by atoms with E-state index in [1.807, 2.05) is 18.7 Å². The fourth-order valence-electron chi connectivity index (χ4n) is 7.33. The van der Waals surface area contributed by atoms with Crippen LogP contribution < -0.4 is 0 Å². The minimum absolute atomic E-state index is 0.0261. The molecule has 0 bridgehead atoms. The summed E-state index contributed by atoms with van der Waals surface area (Å²) in [4.78, 5) is 41.4. The number of methoxy groups -OCH3 is 1. The van der Waals surface area contributed by atoms with Crippen LogP contribution in [0.3, 0.4) is 0 Å². The molecule has 2 heterocycles. The first-order valence-electron chi connectivity index (χ1n) is 12.8. The smallest absolute Gasteiger partial charge is 0.340 e. The van der Waals surface area contributed by atoms with Gasteiger partial charge in [0.25, 0.3) is 0 Å². The zero-order chi connectivity index (χ0) is 26.0. The molecule has 0 spiro atoms. The summed E-state index contributed by atoms with van der Waals surface area (Å²) in [5.74, 6) is -2.51. The number of Topliss-reactive ketones (excluding diaryl/α,β-unsaturated/α-hetero) is 1. The van der Waals surface area contributed by atoms with Gasteiger partial charge in [-0.1, -0.05) is 6.92 Å². The summed E-state index contributed by atoms with van der Waals surface area (Å²) in [5.41, 5.74) is -0.596. The molecule has 6 atom stereocenters. The van der Waals surface area contributed by atoms with Crippen molar-refractivity contribution in [1.82, 2.24) is 4.90 Å². The van der Waals surface area contributed by atoms with Crippen LogP contribution in [0.25, 0.3) is 0 Å². The van der Waals surface area contributed by atoms with E-state index >= 15 is 0 Å². The first-order chi connectivity index (χ1) is 17.0. The molecule has 0 aromatic rings. The summed E-state index contributed by atoms with van der Waals surface area (Å²) in [6.07, 6.45) is 2.70. The lowest BCUT2D eigenvalue weighted by Crippen LogP contribution is -2.57. The van der Waals surface area contributed by atoms with Crippen LogP contribution in [-0.2, 0) is 28.6 Å². The van der Waals surface area contributed by atoms with E-state index in [1.54, 1.807) is 6.20 Å². The number of nitrogens with zero attached hydrogens (tertiary/aromatic N) is 1. The number of likely N-dealkylation sites (tertiary alicyclic amines) is 1. The van der Waals surface area contributed by atoms with Gasteiger partial charge in [0.15, 0.2) is 5.76 Å². The molecule has 2 N–H and O–H groups in total. The standard InChI is InChI=1S/C27H35NO8/c1-14(29)35-17-11-26(2)16(7-8-18(26)30)20-22(17)27(3)19(13-34-4)36-25(33)15(12-28-9-5-6-10-28)21(27)24(32)23(20)31/h12,16-19,30,32H,5-11,13H2,1-4H3/b15-12+/t16-,17+,18?,19?,26?,27?/m0/s1. The van der Waals surface area contributed by atoms with Crippen LogP contribution in [0.2, 0.25) is 0 Å². The van der Waals surface area contributed by atoms with Crippen LogP contribution in [0.1, 0.15) is 52.9 Å². The minimum Gasteiger partial charge on any atom is -0.504 e. The van der Waals surface area contributed by atoms with Crippen LogP contribution in [0.15, 0.2) is 34.3 Å². The van der Waals surface area contributed by atoms with E-state index in [2.05, 4.69) is 0 Å². The molecule has 2 saturated heterocycles. The maximum absolute atomic E-state index is 13.9. The molecule has 9 nitrogen and oxygen atoms in total. The third-order valence-corrected chi connectivity index (χ3v) is 9.11. The van der Waals surface area contributed by atoms with Gasteiger partial charge >= 0.3 is 11.9 Å². The van der Waals surface area contributed by atoms with Crippen LogP contribution in [0, 0.1) is 16.7 Å². The SMILES string of the molecule is COCC1OC(=O)/C(=C/N2CCCC2)C2=C(O)C(=O)C3=C([C@H](OC(C)=O)CC4(C)C(O)CC[C@@H]34)C21C. The summed E-state index contributed by atoms with van der Waals surface area (Å²) >= 11 is 0. The second-order valence-electron chi connectivity index (χ2n) is 11.2. The fraction of sp³-hybridized carbons (Fsp3) is 0.667. The third-order valence-electron chi connectivity index (χ3n) is 9.11. The van der Waals surface area contributed by atoms with E-state index in [0.29, 0.717) is 30.4 Å². The molecule has 5 aliphatic rings. The number of fused-ring (bicyclic) bond motifs is 4. The quantitative estimate of drug-likeness (QED) is 0.441. The van der Waals surface area contributed by atoms with Gasteiger partial charge < -0.3 is 29.3 Å². The zero-order valence-corrected chi connectivity index (χ0v) is 21.3. The first kappa shape index (κ1) is 25.0. The number of cyclic esters (lactones) is 1. The maximum atomic E-state index is 13.9. The number of hydrogen-bond donors (Lipinski definition) is 2. The van der Waals surface area contributed by atoms with Crippen molar-refractivity contribution >= 4 is 17.7 Å². The number of hydrogen-bond acceptors (Lipinski definition) is 9. The molecular formula is C27H35NO8. The lowest BCUT2D eigenvalue weighted by Gasteiger charge is -2.54. The Labute approximate surface area is 210 Å². The summed E-state index contributed by atoms with van der Waals surface area (Å²) in [7, 11) is 1.49. The van der Waals surface area contributed by atoms with E-state index in [4.69, 9.17) is 14.2 Å². The van der Waals surface area contributed by atoms with Crippen molar-refractivity contribution in [2.75, 3.05) is 26.8 Å². The minimum atomic E-state index is -1.17. The largest absolute Gasteiger partial charge is 0.504 e. The second kappa shape index (κ2) is 8.73. The normalized spacial score (nSPS) is 39.2. The molecular weight excluding hydrogens is 466 g/mol. The van der Waals surface area contributed by atoms with Gasteiger partial charge in [-0.2, -0.15) is 0 Å². The van der Waals surface area contributed by atoms with Gasteiger partial charge in [-0.3, -0.25) is 9.59 Å². The molecule has 9 heteroatoms. The van der Waals surface area contributed by atoms with Gasteiger partial charge in [0.1, 0.15) is 12.2 Å². The Hall–Kier alpha value is -2.65. The molecule has 0 aromatic carbocycles. The van der Waals surface area contributed by atoms with E-state index < -0.39 is 52.6 Å². The predicted octanol–water partition coefficient (Wildman–Crippen LogP) is 2.35. The molecule has 36 heavy (non-hydrogen) atoms. The Bertz CT molecular complexity index is 1100. The molecule has 196 valence electrons. The molecule has 2 aliphatic heterocycles. The predicted molar refractivity (Wildman–Crippen MR) is 127 cm³/mol. The van der Waals surface area contributed by atoms with Crippen molar-refractivity contribution in [2.24, 2.45) is 16.7 Å². The van der Waals surface area contributed by atoms with Crippen molar-refractivity contribution in [3.63, 3.8) is 0 Å². The van der Waals surface area contributed by atoms with E-state index in [0.717, 1.165) is 25.9 Å². The van der Waals surface area contributed by atoms with Crippen LogP contribution in [-0.4, -0.2) is 78.0 Å². The second-order valence-corrected chi connectivity index (χ2v) is 11.2. The number of carbonyl (C=O) groups is 3. The number of rotatable bonds is 4. The number of carbonyl (C=O) groups excluding carboxylic acids is 3. The highest BCUT2D eigenvalue weighted by molar-refractivity contribution is 6.13. The van der Waals surface area contributed by atoms with Gasteiger partial charge in [0, 0.05) is 49.9 Å². The Balaban J connectivity index is 1.76. The lowest BCUT2D eigenvalue weighted by molar-refractivity contribution is -0.161. The van der Waals surface area contributed by atoms with Gasteiger partial charge in [0.2, 0.25) is 5.78 Å². The summed E-state index contributed by atoms with van der Waals surface area (Å²) in [6.45, 7) is 6.61. The Kier molecular flexibility index (Phi) is 6.07. The zero-order valence-electron chi connectivity index (χ0n) is 21.3. The van der Waals surface area contributed by atoms with Crippen molar-refractivity contribution in [1.29, 1.82) is 0 Å². The first-order valence-corrected chi connectivity index (χ1v) is 12.8. The molecule has 5 rings (SSSR count). The average molecular weight is 502 g/mol. The highest BCUT2D eigenvalue weighted by atomic mass is 16.6. The summed E-state index contributed by atoms with van der Waals surface area (Å²) in [5, 5.41) is 22.4. The number of esters is 2. The van der Waals surface area contributed by atoms with Gasteiger partial charge in [-0.05, 0) is 50.5 Å². The van der Waals surface area contributed by atoms with E-state index in [-0.39, 0.29) is 23.7 Å². The summed E-state index contributed by atoms with van der Waals surface area (Å²) in [6, 6.07) is 0. The highest BCUT2D eigenvalue weighted by Crippen LogP contribution is 2.63. The number of aliphatic hydroxyl groups is 2. The number of allylic oxidation sites excluding steroid dienone is 1. The Morgan fingerprint density at radius 3 is 2.56 bits per heavy atom. The molecule has 1 saturated carbocycles. The van der Waals surface area contributed by atoms with Crippen molar-refractivity contribution < 1.29 is 38.8 Å². The lowest BCUT2D eigenvalue weighted by atomic mass is 9.53. The number of ether oxygens (including phenoxy) is 3. The van der Waals surface area contributed by atoms with Gasteiger partial charge in [-0.25, -0.2) is 4.79 Å². The van der Waals surface area contributed by atoms with Gasteiger partial charge in [-0.15, -0.1) is 0 Å². The monoisotopic (exact) mass is 501 g/mol. The number of ketones is 1. The maximum Gasteiger partial charge on any atom is 0.340 e. The molecule has 0 aromatic heterocycles. The van der Waals surface area contributed by atoms with Crippen LogP contribution in [0.5, 0.6) is 0 Å². The van der Waals surface area contributed by atoms with E-state index in [9.17, 15) is 24.6 Å². The van der Waals surface area contributed by atoms with Crippen LogP contribution >= 0.6 is 0 Å². The Morgan fingerprint density at radius 2 is 1.92 bits per heavy atom. The highest BCUT2D eigenvalue weighted by Gasteiger charge is 2.64. The topological polar surface area (TPSA) is 123 Å². The van der Waals surface area contributed by atoms with Crippen molar-refractivity contribution in [3.05, 3.63) is 34.3 Å². The fourth-order valence-corrected chi connectivity index (χ4v) is 7.33. The van der Waals surface area contributed by atoms with Crippen molar-refractivity contribution in [2.45, 2.75) is 71.2 Å². The third kappa shape index (κ3) is 3.46. The molecule has 0 radical (unpaired) electrons. The molecule has 3 aliphatic carbocycles. The molecule has 3 fully saturated rings. The number of aliphatic hydroxyl groups excluding tert-OH is 2. The van der Waals surface area contributed by atoms with Gasteiger partial charge in [0.05, 0.1) is 23.7 Å². The Morgan fingerprint density at radius 1 is 1.22 bits per heavy atom. The average Bonchev–Trinajstić information content (AvgIpc) is 3.42. The van der Waals surface area contributed by atoms with E-state index in [1.165, 1.54) is 14.0 Å². The molecule has 4 unspecified atom stereocenters.